The van der Waals surface area contributed by atoms with E-state index in [1.165, 1.54) is 19.2 Å². The van der Waals surface area contributed by atoms with E-state index in [0.717, 1.165) is 27.8 Å². The molecule has 0 unspecified atom stereocenters. The smallest absolute Gasteiger partial charge is 0.271 e. The number of hydrogen-bond acceptors (Lipinski definition) is 6. The third-order valence-electron chi connectivity index (χ3n) is 4.07. The number of nitrogens with one attached hydrogen (secondary N) is 1. The Morgan fingerprint density at radius 3 is 2.50 bits per heavy atom. The Morgan fingerprint density at radius 2 is 1.93 bits per heavy atom. The number of rotatable bonds is 8. The minimum Gasteiger partial charge on any atom is -0.495 e. The Balaban J connectivity index is 2.28. The third-order valence-corrected chi connectivity index (χ3v) is 5.19. The van der Waals surface area contributed by atoms with Crippen LogP contribution in [-0.4, -0.2) is 39.2 Å². The fourth-order valence-electron chi connectivity index (χ4n) is 2.56. The molecule has 2 rings (SSSR count). The number of nitrogens with zero attached hydrogens (tertiary/aromatic N) is 2. The lowest BCUT2D eigenvalue weighted by molar-refractivity contribution is -0.384. The largest absolute Gasteiger partial charge is 0.495 e. The first-order valence-corrected chi connectivity index (χ1v) is 10.1. The normalized spacial score (nSPS) is 11.0. The lowest BCUT2D eigenvalue weighted by Crippen LogP contribution is -2.40. The molecule has 1 amide bonds. The second-order valence-corrected chi connectivity index (χ2v) is 7.99. The number of nitro groups is 1. The van der Waals surface area contributed by atoms with Gasteiger partial charge < -0.3 is 10.1 Å². The fourth-order valence-corrected chi connectivity index (χ4v) is 3.41. The van der Waals surface area contributed by atoms with Crippen molar-refractivity contribution >= 4 is 27.3 Å². The minimum atomic E-state index is -3.91. The van der Waals surface area contributed by atoms with Crippen molar-refractivity contribution in [2.75, 3.05) is 24.2 Å². The number of hydrogen-bond donors (Lipinski definition) is 1. The molecule has 2 aromatic carbocycles. The molecule has 9 nitrogen and oxygen atoms in total. The molecule has 0 spiro atoms. The first kappa shape index (κ1) is 21.2. The van der Waals surface area contributed by atoms with Crippen molar-refractivity contribution in [1.82, 2.24) is 5.32 Å². The average molecular weight is 407 g/mol. The molecule has 28 heavy (non-hydrogen) atoms. The van der Waals surface area contributed by atoms with Gasteiger partial charge in [0.1, 0.15) is 18.0 Å². The molecule has 0 aromatic heterocycles. The van der Waals surface area contributed by atoms with Crippen molar-refractivity contribution in [3.8, 4) is 5.75 Å². The fraction of sp³-hybridized carbons (Fsp3) is 0.278. The summed E-state index contributed by atoms with van der Waals surface area (Å²) in [6, 6.07) is 11.0. The molecule has 0 aliphatic heterocycles. The van der Waals surface area contributed by atoms with Crippen LogP contribution in [-0.2, 0) is 21.4 Å². The molecule has 2 aromatic rings. The van der Waals surface area contributed by atoms with Gasteiger partial charge in [0.25, 0.3) is 5.69 Å². The van der Waals surface area contributed by atoms with Crippen LogP contribution in [0.2, 0.25) is 0 Å². The summed E-state index contributed by atoms with van der Waals surface area (Å²) in [4.78, 5) is 22.8. The van der Waals surface area contributed by atoms with Crippen LogP contribution in [0.3, 0.4) is 0 Å². The summed E-state index contributed by atoms with van der Waals surface area (Å²) in [7, 11) is -2.60. The van der Waals surface area contributed by atoms with E-state index in [2.05, 4.69) is 5.32 Å². The van der Waals surface area contributed by atoms with Crippen molar-refractivity contribution in [2.45, 2.75) is 13.5 Å². The van der Waals surface area contributed by atoms with Crippen molar-refractivity contribution in [2.24, 2.45) is 0 Å². The molecule has 0 saturated carbocycles. The predicted octanol–water partition coefficient (Wildman–Crippen LogP) is 1.99. The number of nitro benzene ring substituents is 1. The Labute approximate surface area is 163 Å². The number of benzene rings is 2. The predicted molar refractivity (Wildman–Crippen MR) is 105 cm³/mol. The van der Waals surface area contributed by atoms with E-state index in [1.807, 2.05) is 31.2 Å². The summed E-state index contributed by atoms with van der Waals surface area (Å²) < 4.78 is 30.4. The van der Waals surface area contributed by atoms with Gasteiger partial charge in [0.15, 0.2) is 0 Å². The van der Waals surface area contributed by atoms with E-state index in [9.17, 15) is 23.3 Å². The van der Waals surface area contributed by atoms with Gasteiger partial charge in [-0.15, -0.1) is 0 Å². The van der Waals surface area contributed by atoms with Crippen LogP contribution in [0.5, 0.6) is 5.75 Å². The Bertz CT molecular complexity index is 991. The highest BCUT2D eigenvalue weighted by atomic mass is 32.2. The van der Waals surface area contributed by atoms with E-state index in [-0.39, 0.29) is 23.7 Å². The third kappa shape index (κ3) is 5.19. The van der Waals surface area contributed by atoms with Crippen LogP contribution in [0, 0.1) is 17.0 Å². The quantitative estimate of drug-likeness (QED) is 0.528. The second-order valence-electron chi connectivity index (χ2n) is 6.09. The minimum absolute atomic E-state index is 0.0785. The molecule has 0 bridgehead atoms. The van der Waals surface area contributed by atoms with Crippen molar-refractivity contribution in [1.29, 1.82) is 0 Å². The zero-order valence-corrected chi connectivity index (χ0v) is 16.5. The SMILES string of the molecule is COc1ccc([N+](=O)[O-])cc1N(CC(=O)NCc1ccccc1C)S(C)(=O)=O. The van der Waals surface area contributed by atoms with Crippen LogP contribution in [0.1, 0.15) is 11.1 Å². The Hall–Kier alpha value is -3.14. The molecule has 0 atom stereocenters. The van der Waals surface area contributed by atoms with Gasteiger partial charge in [0, 0.05) is 18.7 Å². The zero-order chi connectivity index (χ0) is 20.9. The van der Waals surface area contributed by atoms with Gasteiger partial charge >= 0.3 is 0 Å². The lowest BCUT2D eigenvalue weighted by Gasteiger charge is -2.23. The molecule has 1 N–H and O–H groups in total. The molecule has 0 heterocycles. The number of ether oxygens (including phenoxy) is 1. The summed E-state index contributed by atoms with van der Waals surface area (Å²) in [5.74, 6) is -0.454. The van der Waals surface area contributed by atoms with Crippen LogP contribution in [0.4, 0.5) is 11.4 Å². The maximum absolute atomic E-state index is 12.4. The highest BCUT2D eigenvalue weighted by molar-refractivity contribution is 7.92. The van der Waals surface area contributed by atoms with E-state index in [0.29, 0.717) is 0 Å². The van der Waals surface area contributed by atoms with Crippen molar-refractivity contribution in [3.63, 3.8) is 0 Å². The summed E-state index contributed by atoms with van der Waals surface area (Å²) in [5.41, 5.74) is 1.49. The average Bonchev–Trinajstić information content (AvgIpc) is 2.64. The lowest BCUT2D eigenvalue weighted by atomic mass is 10.1. The molecule has 0 fully saturated rings. The standard InChI is InChI=1S/C18H21N3O6S/c1-13-6-4-5-7-14(13)11-19-18(22)12-20(28(3,25)26)16-10-15(21(23)24)8-9-17(16)27-2/h4-10H,11-12H2,1-3H3,(H,19,22). The van der Waals surface area contributed by atoms with Gasteiger partial charge in [-0.3, -0.25) is 19.2 Å². The van der Waals surface area contributed by atoms with Crippen LogP contribution >= 0.6 is 0 Å². The molecule has 0 radical (unpaired) electrons. The first-order chi connectivity index (χ1) is 13.1. The monoisotopic (exact) mass is 407 g/mol. The molecule has 0 aliphatic rings. The maximum atomic E-state index is 12.4. The second kappa shape index (κ2) is 8.70. The molecule has 0 saturated heterocycles. The van der Waals surface area contributed by atoms with E-state index >= 15 is 0 Å². The summed E-state index contributed by atoms with van der Waals surface area (Å²) in [6.45, 7) is 1.59. The van der Waals surface area contributed by atoms with E-state index < -0.39 is 27.4 Å². The number of amides is 1. The van der Waals surface area contributed by atoms with Crippen LogP contribution in [0.25, 0.3) is 0 Å². The number of carbonyl (C=O) groups excluding carboxylic acids is 1. The van der Waals surface area contributed by atoms with Crippen molar-refractivity contribution < 1.29 is 22.9 Å². The van der Waals surface area contributed by atoms with Gasteiger partial charge in [-0.05, 0) is 24.1 Å². The number of sulfonamides is 1. The van der Waals surface area contributed by atoms with Crippen LogP contribution < -0.4 is 14.4 Å². The number of carbonyl (C=O) groups is 1. The summed E-state index contributed by atoms with van der Waals surface area (Å²) >= 11 is 0. The van der Waals surface area contributed by atoms with Gasteiger partial charge in [-0.2, -0.15) is 0 Å². The van der Waals surface area contributed by atoms with Gasteiger partial charge in [0.2, 0.25) is 15.9 Å². The van der Waals surface area contributed by atoms with Crippen LogP contribution in [0.15, 0.2) is 42.5 Å². The van der Waals surface area contributed by atoms with E-state index in [4.69, 9.17) is 4.74 Å². The van der Waals surface area contributed by atoms with Gasteiger partial charge in [0.05, 0.1) is 18.3 Å². The number of anilines is 1. The van der Waals surface area contributed by atoms with Gasteiger partial charge in [-0.25, -0.2) is 8.42 Å². The highest BCUT2D eigenvalue weighted by Gasteiger charge is 2.26. The molecule has 0 aliphatic carbocycles. The molecular formula is C18H21N3O6S. The maximum Gasteiger partial charge on any atom is 0.271 e. The zero-order valence-electron chi connectivity index (χ0n) is 15.7. The van der Waals surface area contributed by atoms with E-state index in [1.54, 1.807) is 0 Å². The Kier molecular flexibility index (Phi) is 6.57. The molecule has 150 valence electrons. The highest BCUT2D eigenvalue weighted by Crippen LogP contribution is 2.33. The van der Waals surface area contributed by atoms with Gasteiger partial charge in [-0.1, -0.05) is 24.3 Å². The topological polar surface area (TPSA) is 119 Å². The Morgan fingerprint density at radius 1 is 1.25 bits per heavy atom. The number of methoxy groups -OCH3 is 1. The van der Waals surface area contributed by atoms with Crippen molar-refractivity contribution in [3.05, 3.63) is 63.7 Å². The first-order valence-electron chi connectivity index (χ1n) is 8.25. The molecule has 10 heteroatoms. The number of aryl methyl sites for hydroxylation is 1. The number of non-ortho nitro benzene ring substituents is 1. The summed E-state index contributed by atoms with van der Waals surface area (Å²) in [6.07, 6.45) is 0.917. The summed E-state index contributed by atoms with van der Waals surface area (Å²) in [5, 5.41) is 13.7. The molecular weight excluding hydrogens is 386 g/mol.